The van der Waals surface area contributed by atoms with Crippen LogP contribution in [0.3, 0.4) is 0 Å². The maximum atomic E-state index is 14.7. The molecule has 3 aromatic carbocycles. The van der Waals surface area contributed by atoms with Gasteiger partial charge in [-0.1, -0.05) is 62.4 Å². The summed E-state index contributed by atoms with van der Waals surface area (Å²) in [6.07, 6.45) is 4.58. The van der Waals surface area contributed by atoms with E-state index in [-0.39, 0.29) is 42.3 Å². The summed E-state index contributed by atoms with van der Waals surface area (Å²) in [5, 5.41) is 26.9. The number of nitrogens with one attached hydrogen (secondary N) is 1. The van der Waals surface area contributed by atoms with E-state index in [1.54, 1.807) is 30.3 Å². The van der Waals surface area contributed by atoms with Crippen LogP contribution in [-0.4, -0.2) is 51.5 Å². The lowest BCUT2D eigenvalue weighted by Crippen LogP contribution is -2.67. The molecular weight excluding hydrogens is 731 g/mol. The first kappa shape index (κ1) is 38.3. The van der Waals surface area contributed by atoms with Crippen molar-refractivity contribution in [3.8, 4) is 5.75 Å². The van der Waals surface area contributed by atoms with E-state index in [0.29, 0.717) is 48.9 Å². The number of ether oxygens (including phenoxy) is 1. The minimum absolute atomic E-state index is 0.0228. The topological polar surface area (TPSA) is 99.1 Å². The predicted octanol–water partition coefficient (Wildman–Crippen LogP) is 9.37. The van der Waals surface area contributed by atoms with E-state index in [4.69, 9.17) is 0 Å². The van der Waals surface area contributed by atoms with Crippen molar-refractivity contribution in [3.05, 3.63) is 119 Å². The number of anilines is 1. The first-order valence-corrected chi connectivity index (χ1v) is 19.2. The number of rotatable bonds is 8. The Morgan fingerprint density at radius 2 is 1.55 bits per heavy atom. The van der Waals surface area contributed by atoms with Crippen LogP contribution in [0.25, 0.3) is 0 Å². The van der Waals surface area contributed by atoms with Crippen LogP contribution in [0, 0.1) is 45.1 Å². The third kappa shape index (κ3) is 5.97. The number of halogens is 5. The van der Waals surface area contributed by atoms with E-state index < -0.39 is 63.5 Å². The molecule has 8 unspecified atom stereocenters. The summed E-state index contributed by atoms with van der Waals surface area (Å²) in [6, 6.07) is 16.7. The Bertz CT molecular complexity index is 2110. The number of nitrogens with zero attached hydrogens (tertiary/aromatic N) is 1. The van der Waals surface area contributed by atoms with Gasteiger partial charge in [0.15, 0.2) is 17.4 Å². The molecule has 6 aliphatic rings. The molecule has 296 valence electrons. The molecule has 0 heterocycles. The van der Waals surface area contributed by atoms with E-state index in [0.717, 1.165) is 18.6 Å². The summed E-state index contributed by atoms with van der Waals surface area (Å²) in [7, 11) is 0. The van der Waals surface area contributed by atoms with Gasteiger partial charge in [0.1, 0.15) is 5.75 Å². The van der Waals surface area contributed by atoms with Crippen molar-refractivity contribution >= 4 is 17.5 Å². The molecule has 2 spiro atoms. The number of allylic oxidation sites excluding steroid dienone is 4. The smallest absolute Gasteiger partial charge is 0.406 e. The van der Waals surface area contributed by atoms with Crippen LogP contribution in [0.2, 0.25) is 0 Å². The fourth-order valence-corrected chi connectivity index (χ4v) is 11.6. The standard InChI is InChI=1S/C44H45F5N2O5/c1-39-17-14-30(52)23-41(39)20-21-43(32(24-41)37(53)28-10-13-33(45)34(46)22-28)35(39)15-18-40(2)36(43)16-19-42(40,55)26-51(38(54)50-29-6-4-3-5-7-29)25-27-8-11-31(12-9-27)56-44(47,48)49/h3-13,20-22,24,30,35-36,52,55H,14-19,23,25-26H2,1-2H3,(H,50,54). The SMILES string of the molecule is CC12CCC(O)CC13C=CC1(C(C(=O)c4ccc(F)c(F)c4)=C3)C2CCC2(C)C1CCC2(O)CN(Cc1ccc(OC(F)(F)F)cc1)C(=O)Nc1ccccc1. The normalized spacial score (nSPS) is 34.2. The van der Waals surface area contributed by atoms with Crippen LogP contribution in [0.1, 0.15) is 74.7 Å². The zero-order valence-electron chi connectivity index (χ0n) is 31.2. The van der Waals surface area contributed by atoms with Gasteiger partial charge < -0.3 is 25.2 Å². The molecule has 0 saturated heterocycles. The van der Waals surface area contributed by atoms with Gasteiger partial charge in [0, 0.05) is 39.6 Å². The molecule has 7 nitrogen and oxygen atoms in total. The largest absolute Gasteiger partial charge is 0.573 e. The first-order chi connectivity index (χ1) is 26.4. The van der Waals surface area contributed by atoms with E-state index in [9.17, 15) is 41.8 Å². The summed E-state index contributed by atoms with van der Waals surface area (Å²) in [5.41, 5.74) is -2.62. The molecule has 3 aromatic rings. The van der Waals surface area contributed by atoms with Crippen LogP contribution in [0.15, 0.2) is 96.6 Å². The van der Waals surface area contributed by atoms with Gasteiger partial charge >= 0.3 is 12.4 Å². The molecule has 3 N–H and O–H groups in total. The maximum Gasteiger partial charge on any atom is 0.573 e. The number of carbonyl (C=O) groups is 2. The second-order valence-electron chi connectivity index (χ2n) is 17.1. The summed E-state index contributed by atoms with van der Waals surface area (Å²) >= 11 is 0. The Balaban J connectivity index is 1.17. The molecule has 2 bridgehead atoms. The number of ketones is 1. The zero-order chi connectivity index (χ0) is 39.9. The van der Waals surface area contributed by atoms with Gasteiger partial charge in [0.05, 0.1) is 18.2 Å². The summed E-state index contributed by atoms with van der Waals surface area (Å²) < 4.78 is 71.5. The van der Waals surface area contributed by atoms with E-state index in [2.05, 4.69) is 29.1 Å². The van der Waals surface area contributed by atoms with Gasteiger partial charge in [-0.05, 0) is 110 Å². The Morgan fingerprint density at radius 3 is 2.25 bits per heavy atom. The van der Waals surface area contributed by atoms with E-state index in [1.165, 1.54) is 35.2 Å². The number of hydrogen-bond donors (Lipinski definition) is 3. The number of hydrogen-bond acceptors (Lipinski definition) is 5. The fraction of sp³-hybridized carbons (Fsp3) is 0.455. The number of Topliss-reactive ketones (excluding diaryl/α,β-unsaturated/α-hetero) is 1. The number of urea groups is 1. The molecular formula is C44H45F5N2O5. The average molecular weight is 777 g/mol. The minimum Gasteiger partial charge on any atom is -0.406 e. The molecule has 56 heavy (non-hydrogen) atoms. The Labute approximate surface area is 322 Å². The van der Waals surface area contributed by atoms with Crippen LogP contribution >= 0.6 is 0 Å². The quantitative estimate of drug-likeness (QED) is 0.120. The third-order valence-electron chi connectivity index (χ3n) is 14.4. The van der Waals surface area contributed by atoms with Crippen molar-refractivity contribution in [2.75, 3.05) is 11.9 Å². The molecule has 0 aliphatic heterocycles. The molecule has 9 rings (SSSR count). The lowest BCUT2D eigenvalue weighted by atomic mass is 9.32. The fourth-order valence-electron chi connectivity index (χ4n) is 11.6. The molecule has 3 fully saturated rings. The molecule has 6 aliphatic carbocycles. The van der Waals surface area contributed by atoms with Crippen molar-refractivity contribution in [1.29, 1.82) is 0 Å². The molecule has 3 saturated carbocycles. The Hall–Kier alpha value is -4.55. The first-order valence-electron chi connectivity index (χ1n) is 19.2. The molecule has 12 heteroatoms. The van der Waals surface area contributed by atoms with Crippen molar-refractivity contribution in [2.45, 2.75) is 83.4 Å². The van der Waals surface area contributed by atoms with Gasteiger partial charge in [-0.2, -0.15) is 0 Å². The van der Waals surface area contributed by atoms with Crippen molar-refractivity contribution in [3.63, 3.8) is 0 Å². The Morgan fingerprint density at radius 1 is 0.875 bits per heavy atom. The number of para-hydroxylation sites is 1. The van der Waals surface area contributed by atoms with Crippen LogP contribution < -0.4 is 10.1 Å². The van der Waals surface area contributed by atoms with Crippen LogP contribution in [-0.2, 0) is 6.54 Å². The third-order valence-corrected chi connectivity index (χ3v) is 14.4. The van der Waals surface area contributed by atoms with Gasteiger partial charge in [-0.3, -0.25) is 4.79 Å². The molecule has 2 amide bonds. The zero-order valence-corrected chi connectivity index (χ0v) is 31.2. The number of alkyl halides is 3. The second-order valence-corrected chi connectivity index (χ2v) is 17.1. The lowest BCUT2D eigenvalue weighted by molar-refractivity contribution is -0.274. The number of carbonyl (C=O) groups excluding carboxylic acids is 2. The monoisotopic (exact) mass is 776 g/mol. The average Bonchev–Trinajstić information content (AvgIpc) is 3.42. The van der Waals surface area contributed by atoms with Crippen LogP contribution in [0.5, 0.6) is 5.75 Å². The van der Waals surface area contributed by atoms with Gasteiger partial charge in [0.25, 0.3) is 0 Å². The Kier molecular flexibility index (Phi) is 9.08. The number of aliphatic hydroxyl groups is 2. The number of benzene rings is 3. The highest BCUT2D eigenvalue weighted by molar-refractivity contribution is 6.10. The molecule has 8 atom stereocenters. The molecule has 0 aromatic heterocycles. The van der Waals surface area contributed by atoms with Crippen molar-refractivity contribution < 1.29 is 46.5 Å². The highest BCUT2D eigenvalue weighted by atomic mass is 19.4. The number of amides is 2. The predicted molar refractivity (Wildman–Crippen MR) is 198 cm³/mol. The van der Waals surface area contributed by atoms with E-state index >= 15 is 0 Å². The summed E-state index contributed by atoms with van der Waals surface area (Å²) in [5.74, 6) is -3.36. The van der Waals surface area contributed by atoms with Crippen molar-refractivity contribution in [1.82, 2.24) is 4.90 Å². The highest BCUT2D eigenvalue weighted by Crippen LogP contribution is 2.78. The van der Waals surface area contributed by atoms with Crippen LogP contribution in [0.4, 0.5) is 32.4 Å². The highest BCUT2D eigenvalue weighted by Gasteiger charge is 2.74. The molecule has 0 radical (unpaired) electrons. The van der Waals surface area contributed by atoms with Gasteiger partial charge in [-0.25, -0.2) is 13.6 Å². The minimum atomic E-state index is -4.86. The maximum absolute atomic E-state index is 14.7. The number of fused-ring (bicyclic) bond motifs is 1. The van der Waals surface area contributed by atoms with Gasteiger partial charge in [-0.15, -0.1) is 13.2 Å². The van der Waals surface area contributed by atoms with E-state index in [1.807, 2.05) is 13.0 Å². The van der Waals surface area contributed by atoms with Gasteiger partial charge in [0.2, 0.25) is 0 Å². The summed E-state index contributed by atoms with van der Waals surface area (Å²) in [4.78, 5) is 30.3. The summed E-state index contributed by atoms with van der Waals surface area (Å²) in [6.45, 7) is 4.10. The van der Waals surface area contributed by atoms with Crippen molar-refractivity contribution in [2.24, 2.45) is 33.5 Å². The lowest BCUT2D eigenvalue weighted by Gasteiger charge is -2.71. The number of aliphatic hydroxyl groups excluding tert-OH is 1. The second kappa shape index (κ2) is 13.3.